The van der Waals surface area contributed by atoms with Crippen LogP contribution in [0.25, 0.3) is 11.1 Å². The van der Waals surface area contributed by atoms with Crippen LogP contribution in [0.15, 0.2) is 48.5 Å². The first-order chi connectivity index (χ1) is 16.1. The average Bonchev–Trinajstić information content (AvgIpc) is 3.59. The van der Waals surface area contributed by atoms with Crippen LogP contribution in [-0.4, -0.2) is 65.0 Å². The van der Waals surface area contributed by atoms with Gasteiger partial charge in [0.1, 0.15) is 0 Å². The molecule has 6 nitrogen and oxygen atoms in total. The molecule has 1 aliphatic carbocycles. The Morgan fingerprint density at radius 2 is 1.73 bits per heavy atom. The number of nitrogens with zero attached hydrogens (tertiary/aromatic N) is 2. The number of rotatable bonds is 5. The zero-order chi connectivity index (χ0) is 22.8. The van der Waals surface area contributed by atoms with Crippen LogP contribution < -0.4 is 5.32 Å². The Labute approximate surface area is 195 Å². The third-order valence-corrected chi connectivity index (χ3v) is 7.62. The van der Waals surface area contributed by atoms with E-state index >= 15 is 0 Å². The summed E-state index contributed by atoms with van der Waals surface area (Å²) < 4.78 is 0. The van der Waals surface area contributed by atoms with Gasteiger partial charge in [-0.3, -0.25) is 14.5 Å². The van der Waals surface area contributed by atoms with Crippen molar-refractivity contribution in [2.24, 2.45) is 0 Å². The molecule has 2 N–H and O–H groups in total. The van der Waals surface area contributed by atoms with Crippen molar-refractivity contribution in [3.63, 3.8) is 0 Å². The molecule has 0 bridgehead atoms. The minimum absolute atomic E-state index is 0.0518. The second-order valence-electron chi connectivity index (χ2n) is 9.61. The third kappa shape index (κ3) is 4.55. The number of carbonyl (C=O) groups excluding carboxylic acids is 2. The monoisotopic (exact) mass is 447 g/mol. The van der Waals surface area contributed by atoms with Crippen LogP contribution in [-0.2, 0) is 16.0 Å². The first-order valence-electron chi connectivity index (χ1n) is 12.3. The lowest BCUT2D eigenvalue weighted by Gasteiger charge is -2.31. The number of aliphatic hydroxyl groups excluding tert-OH is 1. The molecule has 3 unspecified atom stereocenters. The molecular weight excluding hydrogens is 414 g/mol. The van der Waals surface area contributed by atoms with Crippen LogP contribution in [0.2, 0.25) is 0 Å². The SMILES string of the molecule is O=C(NC1CCc2ccc(-c3ccccc3)cc21)C(=O)N1CCCC1CN1CCCC1CO. The number of nitrogens with one attached hydrogen (secondary N) is 1. The van der Waals surface area contributed by atoms with Crippen molar-refractivity contribution in [2.75, 3.05) is 26.2 Å². The zero-order valence-corrected chi connectivity index (χ0v) is 19.1. The van der Waals surface area contributed by atoms with Gasteiger partial charge >= 0.3 is 11.8 Å². The topological polar surface area (TPSA) is 72.9 Å². The van der Waals surface area contributed by atoms with Crippen molar-refractivity contribution in [1.29, 1.82) is 0 Å². The van der Waals surface area contributed by atoms with E-state index < -0.39 is 11.8 Å². The molecular formula is C27H33N3O3. The molecule has 5 rings (SSSR count). The molecule has 174 valence electrons. The number of hydrogen-bond acceptors (Lipinski definition) is 4. The summed E-state index contributed by atoms with van der Waals surface area (Å²) >= 11 is 0. The molecule has 0 radical (unpaired) electrons. The summed E-state index contributed by atoms with van der Waals surface area (Å²) in [5.41, 5.74) is 4.65. The third-order valence-electron chi connectivity index (χ3n) is 7.62. The molecule has 33 heavy (non-hydrogen) atoms. The fraction of sp³-hybridized carbons (Fsp3) is 0.481. The average molecular weight is 448 g/mol. The Morgan fingerprint density at radius 3 is 2.55 bits per heavy atom. The highest BCUT2D eigenvalue weighted by atomic mass is 16.3. The molecule has 2 saturated heterocycles. The van der Waals surface area contributed by atoms with Crippen molar-refractivity contribution < 1.29 is 14.7 Å². The van der Waals surface area contributed by atoms with E-state index in [2.05, 4.69) is 40.5 Å². The van der Waals surface area contributed by atoms with E-state index in [4.69, 9.17) is 0 Å². The molecule has 6 heteroatoms. The van der Waals surface area contributed by atoms with Gasteiger partial charge in [-0.25, -0.2) is 0 Å². The Balaban J connectivity index is 1.25. The Hall–Kier alpha value is -2.70. The maximum Gasteiger partial charge on any atom is 0.312 e. The molecule has 3 aliphatic rings. The van der Waals surface area contributed by atoms with Crippen molar-refractivity contribution in [2.45, 2.75) is 56.7 Å². The summed E-state index contributed by atoms with van der Waals surface area (Å²) in [6.45, 7) is 2.50. The predicted octanol–water partition coefficient (Wildman–Crippen LogP) is 2.90. The molecule has 2 aromatic rings. The van der Waals surface area contributed by atoms with Gasteiger partial charge in [0, 0.05) is 25.2 Å². The summed E-state index contributed by atoms with van der Waals surface area (Å²) in [7, 11) is 0. The predicted molar refractivity (Wildman–Crippen MR) is 127 cm³/mol. The second kappa shape index (κ2) is 9.65. The fourth-order valence-corrected chi connectivity index (χ4v) is 5.82. The van der Waals surface area contributed by atoms with E-state index in [1.807, 2.05) is 18.2 Å². The molecule has 0 aromatic heterocycles. The largest absolute Gasteiger partial charge is 0.395 e. The van der Waals surface area contributed by atoms with Gasteiger partial charge in [-0.2, -0.15) is 0 Å². The van der Waals surface area contributed by atoms with Gasteiger partial charge < -0.3 is 15.3 Å². The van der Waals surface area contributed by atoms with Crippen LogP contribution in [0.4, 0.5) is 0 Å². The molecule has 2 amide bonds. The number of hydrogen-bond donors (Lipinski definition) is 2. The van der Waals surface area contributed by atoms with Crippen LogP contribution >= 0.6 is 0 Å². The number of fused-ring (bicyclic) bond motifs is 1. The van der Waals surface area contributed by atoms with Gasteiger partial charge in [0.15, 0.2) is 0 Å². The Morgan fingerprint density at radius 1 is 0.939 bits per heavy atom. The van der Waals surface area contributed by atoms with Crippen molar-refractivity contribution in [3.8, 4) is 11.1 Å². The van der Waals surface area contributed by atoms with E-state index in [0.29, 0.717) is 6.54 Å². The van der Waals surface area contributed by atoms with Gasteiger partial charge in [-0.15, -0.1) is 0 Å². The standard InChI is InChI=1S/C27H33N3O3/c31-18-23-9-4-14-29(23)17-22-8-5-15-30(22)27(33)26(32)28-25-13-12-20-10-11-21(16-24(20)25)19-6-2-1-3-7-19/h1-3,6-7,10-11,16,22-23,25,31H,4-5,8-9,12-15,17-18H2,(H,28,32). The summed E-state index contributed by atoms with van der Waals surface area (Å²) in [6.07, 6.45) is 5.66. The molecule has 2 heterocycles. The molecule has 2 fully saturated rings. The highest BCUT2D eigenvalue weighted by Gasteiger charge is 2.37. The van der Waals surface area contributed by atoms with Crippen molar-refractivity contribution >= 4 is 11.8 Å². The molecule has 2 aliphatic heterocycles. The Bertz CT molecular complexity index is 1010. The minimum Gasteiger partial charge on any atom is -0.395 e. The lowest BCUT2D eigenvalue weighted by Crippen LogP contribution is -2.50. The summed E-state index contributed by atoms with van der Waals surface area (Å²) in [5, 5.41) is 12.7. The number of carbonyl (C=O) groups is 2. The van der Waals surface area contributed by atoms with Gasteiger partial charge in [0.05, 0.1) is 12.6 Å². The summed E-state index contributed by atoms with van der Waals surface area (Å²) in [4.78, 5) is 30.2. The van der Waals surface area contributed by atoms with E-state index in [-0.39, 0.29) is 24.7 Å². The summed E-state index contributed by atoms with van der Waals surface area (Å²) in [5.74, 6) is -0.907. The van der Waals surface area contributed by atoms with E-state index in [0.717, 1.165) is 68.3 Å². The van der Waals surface area contributed by atoms with Gasteiger partial charge in [-0.1, -0.05) is 42.5 Å². The van der Waals surface area contributed by atoms with Crippen LogP contribution in [0, 0.1) is 0 Å². The number of likely N-dealkylation sites (tertiary alicyclic amines) is 2. The van der Waals surface area contributed by atoms with Gasteiger partial charge in [-0.05, 0) is 73.4 Å². The minimum atomic E-state index is -0.495. The smallest absolute Gasteiger partial charge is 0.312 e. The Kier molecular flexibility index (Phi) is 6.47. The number of aryl methyl sites for hydroxylation is 1. The quantitative estimate of drug-likeness (QED) is 0.692. The molecule has 0 saturated carbocycles. The van der Waals surface area contributed by atoms with Crippen molar-refractivity contribution in [3.05, 3.63) is 59.7 Å². The first-order valence-corrected chi connectivity index (χ1v) is 12.3. The summed E-state index contributed by atoms with van der Waals surface area (Å²) in [6, 6.07) is 16.8. The van der Waals surface area contributed by atoms with E-state index in [1.54, 1.807) is 4.90 Å². The fourth-order valence-electron chi connectivity index (χ4n) is 5.82. The van der Waals surface area contributed by atoms with Crippen LogP contribution in [0.3, 0.4) is 0 Å². The maximum absolute atomic E-state index is 13.1. The highest BCUT2D eigenvalue weighted by molar-refractivity contribution is 6.35. The van der Waals surface area contributed by atoms with Crippen molar-refractivity contribution in [1.82, 2.24) is 15.1 Å². The normalized spacial score (nSPS) is 24.8. The van der Waals surface area contributed by atoms with E-state index in [1.165, 1.54) is 5.56 Å². The van der Waals surface area contributed by atoms with E-state index in [9.17, 15) is 14.7 Å². The highest BCUT2D eigenvalue weighted by Crippen LogP contribution is 2.34. The van der Waals surface area contributed by atoms with Gasteiger partial charge in [0.25, 0.3) is 0 Å². The molecule has 3 atom stereocenters. The number of aliphatic hydroxyl groups is 1. The second-order valence-corrected chi connectivity index (χ2v) is 9.61. The zero-order valence-electron chi connectivity index (χ0n) is 19.1. The first kappa shape index (κ1) is 22.1. The maximum atomic E-state index is 13.1. The number of benzene rings is 2. The molecule has 0 spiro atoms. The van der Waals surface area contributed by atoms with Crippen LogP contribution in [0.5, 0.6) is 0 Å². The molecule has 2 aromatic carbocycles. The lowest BCUT2D eigenvalue weighted by atomic mass is 9.99. The van der Waals surface area contributed by atoms with Gasteiger partial charge in [0.2, 0.25) is 0 Å². The lowest BCUT2D eigenvalue weighted by molar-refractivity contribution is -0.147. The van der Waals surface area contributed by atoms with Crippen LogP contribution in [0.1, 0.15) is 49.3 Å². The number of amides is 2.